The number of benzene rings is 3. The highest BCUT2D eigenvalue weighted by Gasteiger charge is 2.41. The normalized spacial score (nSPS) is 12.8. The van der Waals surface area contributed by atoms with E-state index in [1.807, 2.05) is 32.0 Å². The number of imide groups is 1. The largest absolute Gasteiger partial charge is 0.322 e. The van der Waals surface area contributed by atoms with Gasteiger partial charge in [-0.2, -0.15) is 0 Å². The predicted octanol–water partition coefficient (Wildman–Crippen LogP) is 5.52. The van der Waals surface area contributed by atoms with Crippen LogP contribution in [-0.2, 0) is 12.8 Å². The Bertz CT molecular complexity index is 1180. The number of nitrogens with zero attached hydrogens (tertiary/aromatic N) is 1. The van der Waals surface area contributed by atoms with E-state index in [1.165, 1.54) is 4.90 Å². The van der Waals surface area contributed by atoms with Gasteiger partial charge in [0.05, 0.1) is 22.4 Å². The highest BCUT2D eigenvalue weighted by molar-refractivity contribution is 6.37. The molecular formula is C25H21ClN2O3. The number of hydrogen-bond donors (Lipinski definition) is 1. The summed E-state index contributed by atoms with van der Waals surface area (Å²) < 4.78 is 0. The molecule has 0 atom stereocenters. The predicted molar refractivity (Wildman–Crippen MR) is 122 cm³/mol. The Balaban J connectivity index is 1.76. The number of carbonyl (C=O) groups is 3. The minimum atomic E-state index is -0.475. The molecule has 6 heteroatoms. The van der Waals surface area contributed by atoms with E-state index in [9.17, 15) is 14.4 Å². The third-order valence-corrected chi connectivity index (χ3v) is 5.70. The number of anilines is 2. The molecule has 0 unspecified atom stereocenters. The van der Waals surface area contributed by atoms with Gasteiger partial charge in [0.2, 0.25) is 0 Å². The van der Waals surface area contributed by atoms with Crippen molar-refractivity contribution in [2.75, 3.05) is 10.2 Å². The van der Waals surface area contributed by atoms with Crippen LogP contribution in [0, 0.1) is 0 Å². The molecular weight excluding hydrogens is 412 g/mol. The number of fused-ring (bicyclic) bond motifs is 1. The lowest BCUT2D eigenvalue weighted by atomic mass is 10.0. The minimum Gasteiger partial charge on any atom is -0.322 e. The summed E-state index contributed by atoms with van der Waals surface area (Å²) in [6.07, 6.45) is 1.36. The monoisotopic (exact) mass is 432 g/mol. The molecule has 31 heavy (non-hydrogen) atoms. The van der Waals surface area contributed by atoms with Crippen molar-refractivity contribution in [3.8, 4) is 0 Å². The maximum Gasteiger partial charge on any atom is 0.266 e. The smallest absolute Gasteiger partial charge is 0.266 e. The number of nitrogens with one attached hydrogen (secondary N) is 1. The molecule has 3 aromatic carbocycles. The Hall–Kier alpha value is -3.44. The molecule has 0 fully saturated rings. The van der Waals surface area contributed by atoms with Gasteiger partial charge in [-0.1, -0.05) is 49.7 Å². The molecule has 0 bridgehead atoms. The SMILES string of the molecule is CCc1cccc(CC)c1N1C(=O)c2cccc(C(=O)Nc3ccc(Cl)cc3)c2C1=O. The van der Waals surface area contributed by atoms with Crippen LogP contribution in [0.2, 0.25) is 5.02 Å². The second-order valence-electron chi connectivity index (χ2n) is 7.27. The van der Waals surface area contributed by atoms with Crippen molar-refractivity contribution in [2.24, 2.45) is 0 Å². The van der Waals surface area contributed by atoms with Crippen molar-refractivity contribution in [3.63, 3.8) is 0 Å². The molecule has 0 radical (unpaired) electrons. The molecule has 3 amide bonds. The number of aryl methyl sites for hydroxylation is 2. The van der Waals surface area contributed by atoms with Gasteiger partial charge >= 0.3 is 0 Å². The van der Waals surface area contributed by atoms with Gasteiger partial charge in [0.15, 0.2) is 0 Å². The summed E-state index contributed by atoms with van der Waals surface area (Å²) in [6.45, 7) is 3.98. The van der Waals surface area contributed by atoms with Crippen molar-refractivity contribution in [1.82, 2.24) is 0 Å². The second-order valence-corrected chi connectivity index (χ2v) is 7.70. The first-order valence-electron chi connectivity index (χ1n) is 10.2. The lowest BCUT2D eigenvalue weighted by molar-refractivity contribution is 0.0919. The third kappa shape index (κ3) is 3.62. The first-order chi connectivity index (χ1) is 15.0. The topological polar surface area (TPSA) is 66.5 Å². The summed E-state index contributed by atoms with van der Waals surface area (Å²) in [5, 5.41) is 3.32. The first-order valence-corrected chi connectivity index (χ1v) is 10.5. The van der Waals surface area contributed by atoms with Crippen LogP contribution in [0.3, 0.4) is 0 Å². The second kappa shape index (κ2) is 8.36. The highest BCUT2D eigenvalue weighted by Crippen LogP contribution is 2.35. The summed E-state index contributed by atoms with van der Waals surface area (Å²) in [5.74, 6) is -1.34. The summed E-state index contributed by atoms with van der Waals surface area (Å²) in [4.78, 5) is 40.9. The van der Waals surface area contributed by atoms with Gasteiger partial charge in [-0.25, -0.2) is 4.90 Å². The molecule has 1 N–H and O–H groups in total. The van der Waals surface area contributed by atoms with Crippen LogP contribution in [0.4, 0.5) is 11.4 Å². The summed E-state index contributed by atoms with van der Waals surface area (Å²) in [6, 6.07) is 17.2. The first kappa shape index (κ1) is 20.8. The highest BCUT2D eigenvalue weighted by atomic mass is 35.5. The molecule has 0 spiro atoms. The Morgan fingerprint density at radius 3 is 2.10 bits per heavy atom. The Kier molecular flexibility index (Phi) is 5.61. The molecule has 0 saturated heterocycles. The van der Waals surface area contributed by atoms with Crippen LogP contribution in [0.1, 0.15) is 56.0 Å². The van der Waals surface area contributed by atoms with Crippen LogP contribution in [0.25, 0.3) is 0 Å². The summed E-state index contributed by atoms with van der Waals surface area (Å²) in [7, 11) is 0. The Morgan fingerprint density at radius 1 is 0.871 bits per heavy atom. The molecule has 4 rings (SSSR count). The molecule has 0 saturated carbocycles. The van der Waals surface area contributed by atoms with Crippen LogP contribution in [-0.4, -0.2) is 17.7 Å². The average Bonchev–Trinajstić information content (AvgIpc) is 3.04. The van der Waals surface area contributed by atoms with E-state index in [-0.39, 0.29) is 16.7 Å². The molecule has 0 aliphatic carbocycles. The fourth-order valence-corrected chi connectivity index (χ4v) is 4.04. The fourth-order valence-electron chi connectivity index (χ4n) is 3.91. The van der Waals surface area contributed by atoms with Gasteiger partial charge < -0.3 is 5.32 Å². The van der Waals surface area contributed by atoms with E-state index in [1.54, 1.807) is 42.5 Å². The van der Waals surface area contributed by atoms with E-state index in [0.717, 1.165) is 11.1 Å². The molecule has 5 nitrogen and oxygen atoms in total. The van der Waals surface area contributed by atoms with Gasteiger partial charge in [-0.05, 0) is 60.4 Å². The van der Waals surface area contributed by atoms with Crippen molar-refractivity contribution in [1.29, 1.82) is 0 Å². The van der Waals surface area contributed by atoms with E-state index in [2.05, 4.69) is 5.32 Å². The van der Waals surface area contributed by atoms with Crippen molar-refractivity contribution >= 4 is 40.7 Å². The van der Waals surface area contributed by atoms with Gasteiger partial charge in [0, 0.05) is 10.7 Å². The van der Waals surface area contributed by atoms with Gasteiger partial charge in [0.1, 0.15) is 0 Å². The van der Waals surface area contributed by atoms with E-state index < -0.39 is 17.7 Å². The lowest BCUT2D eigenvalue weighted by Crippen LogP contribution is -2.31. The fraction of sp³-hybridized carbons (Fsp3) is 0.160. The van der Waals surface area contributed by atoms with E-state index >= 15 is 0 Å². The van der Waals surface area contributed by atoms with E-state index in [0.29, 0.717) is 29.2 Å². The summed E-state index contributed by atoms with van der Waals surface area (Å²) >= 11 is 5.90. The average molecular weight is 433 g/mol. The zero-order chi connectivity index (χ0) is 22.1. The van der Waals surface area contributed by atoms with Gasteiger partial charge in [-0.3, -0.25) is 14.4 Å². The quantitative estimate of drug-likeness (QED) is 0.540. The van der Waals surface area contributed by atoms with Crippen LogP contribution < -0.4 is 10.2 Å². The van der Waals surface area contributed by atoms with Gasteiger partial charge in [-0.15, -0.1) is 0 Å². The zero-order valence-corrected chi connectivity index (χ0v) is 18.0. The minimum absolute atomic E-state index is 0.131. The molecule has 156 valence electrons. The zero-order valence-electron chi connectivity index (χ0n) is 17.2. The number of rotatable bonds is 5. The van der Waals surface area contributed by atoms with Crippen molar-refractivity contribution < 1.29 is 14.4 Å². The van der Waals surface area contributed by atoms with E-state index in [4.69, 9.17) is 11.6 Å². The van der Waals surface area contributed by atoms with Gasteiger partial charge in [0.25, 0.3) is 17.7 Å². The standard InChI is InChI=1S/C25H21ClN2O3/c1-3-15-7-5-8-16(4-2)22(15)28-24(30)20-10-6-9-19(21(20)25(28)31)23(29)27-18-13-11-17(26)12-14-18/h5-14H,3-4H2,1-2H3,(H,27,29). The maximum atomic E-state index is 13.5. The number of para-hydroxylation sites is 1. The maximum absolute atomic E-state index is 13.5. The number of amides is 3. The third-order valence-electron chi connectivity index (χ3n) is 5.45. The van der Waals surface area contributed by atoms with Crippen molar-refractivity contribution in [2.45, 2.75) is 26.7 Å². The Morgan fingerprint density at radius 2 is 1.48 bits per heavy atom. The number of carbonyl (C=O) groups excluding carboxylic acids is 3. The summed E-state index contributed by atoms with van der Waals surface area (Å²) in [5.41, 5.74) is 3.55. The molecule has 1 aliphatic heterocycles. The number of hydrogen-bond acceptors (Lipinski definition) is 3. The van der Waals surface area contributed by atoms with Crippen LogP contribution in [0.5, 0.6) is 0 Å². The number of halogens is 1. The molecule has 3 aromatic rings. The van der Waals surface area contributed by atoms with Crippen LogP contribution >= 0.6 is 11.6 Å². The Labute approximate surface area is 185 Å². The van der Waals surface area contributed by atoms with Crippen molar-refractivity contribution in [3.05, 3.63) is 93.5 Å². The molecule has 1 aliphatic rings. The molecule has 1 heterocycles. The molecule has 0 aromatic heterocycles. The van der Waals surface area contributed by atoms with Crippen LogP contribution in [0.15, 0.2) is 60.7 Å². The lowest BCUT2D eigenvalue weighted by Gasteiger charge is -2.21.